The van der Waals surface area contributed by atoms with Crippen LogP contribution < -0.4 is 25.0 Å². The van der Waals surface area contributed by atoms with Crippen molar-refractivity contribution >= 4 is 22.6 Å². The predicted octanol–water partition coefficient (Wildman–Crippen LogP) is 5.45. The molecule has 4 aromatic rings. The van der Waals surface area contributed by atoms with Crippen LogP contribution in [-0.2, 0) is 11.2 Å². The number of amides is 1. The lowest BCUT2D eigenvalue weighted by molar-refractivity contribution is -0.118. The Balaban J connectivity index is 1.64. The van der Waals surface area contributed by atoms with Gasteiger partial charge >= 0.3 is 0 Å². The fraction of sp³-hybridized carbons (Fsp3) is 0.214. The number of fused-ring (bicyclic) bond motifs is 1. The highest BCUT2D eigenvalue weighted by atomic mass is 16.5. The van der Waals surface area contributed by atoms with E-state index in [4.69, 9.17) is 18.6 Å². The van der Waals surface area contributed by atoms with Gasteiger partial charge in [0.05, 0.1) is 19.1 Å². The third-order valence-corrected chi connectivity index (χ3v) is 5.47. The van der Waals surface area contributed by atoms with Crippen LogP contribution in [0.4, 0.5) is 5.69 Å². The molecule has 1 heterocycles. The van der Waals surface area contributed by atoms with Crippen molar-refractivity contribution in [3.05, 3.63) is 82.5 Å². The van der Waals surface area contributed by atoms with Crippen LogP contribution in [0.5, 0.6) is 17.2 Å². The normalized spacial score (nSPS) is 10.7. The van der Waals surface area contributed by atoms with Gasteiger partial charge in [-0.15, -0.1) is 0 Å². The molecule has 0 saturated heterocycles. The van der Waals surface area contributed by atoms with Crippen molar-refractivity contribution in [2.24, 2.45) is 0 Å². The first-order valence-corrected chi connectivity index (χ1v) is 11.4. The highest BCUT2D eigenvalue weighted by Gasteiger charge is 2.19. The molecular weight excluding hydrogens is 446 g/mol. The van der Waals surface area contributed by atoms with E-state index in [0.29, 0.717) is 40.3 Å². The molecule has 35 heavy (non-hydrogen) atoms. The molecule has 7 heteroatoms. The number of carbonyl (C=O) groups is 1. The fourth-order valence-electron chi connectivity index (χ4n) is 3.64. The van der Waals surface area contributed by atoms with Crippen molar-refractivity contribution < 1.29 is 23.4 Å². The molecular formula is C28H27NO6. The van der Waals surface area contributed by atoms with Crippen molar-refractivity contribution in [1.82, 2.24) is 0 Å². The Morgan fingerprint density at radius 1 is 0.914 bits per heavy atom. The molecule has 4 rings (SSSR count). The molecule has 0 radical (unpaired) electrons. The third kappa shape index (κ3) is 5.46. The smallest absolute Gasteiger partial charge is 0.262 e. The maximum atomic E-state index is 13.4. The summed E-state index contributed by atoms with van der Waals surface area (Å²) in [6.45, 7) is 4.11. The molecule has 0 aliphatic carbocycles. The molecule has 1 aromatic heterocycles. The molecule has 3 aromatic carbocycles. The van der Waals surface area contributed by atoms with E-state index in [1.807, 2.05) is 19.9 Å². The lowest BCUT2D eigenvalue weighted by Crippen LogP contribution is -2.22. The van der Waals surface area contributed by atoms with Gasteiger partial charge in [0.15, 0.2) is 12.4 Å². The van der Waals surface area contributed by atoms with Gasteiger partial charge in [-0.1, -0.05) is 13.0 Å². The molecule has 1 N–H and O–H groups in total. The summed E-state index contributed by atoms with van der Waals surface area (Å²) in [7, 11) is 1.58. The van der Waals surface area contributed by atoms with Gasteiger partial charge in [-0.25, -0.2) is 0 Å². The first kappa shape index (κ1) is 23.9. The third-order valence-electron chi connectivity index (χ3n) is 5.47. The zero-order chi connectivity index (χ0) is 24.8. The Labute approximate surface area is 203 Å². The number of hydrogen-bond donors (Lipinski definition) is 1. The minimum Gasteiger partial charge on any atom is -0.497 e. The topological polar surface area (TPSA) is 87.0 Å². The second kappa shape index (κ2) is 10.8. The fourth-order valence-corrected chi connectivity index (χ4v) is 3.64. The Hall–Kier alpha value is -4.26. The van der Waals surface area contributed by atoms with Gasteiger partial charge in [0, 0.05) is 11.3 Å². The number of rotatable bonds is 9. The number of aryl methyl sites for hydroxylation is 1. The molecule has 0 aliphatic heterocycles. The molecule has 1 amide bonds. The summed E-state index contributed by atoms with van der Waals surface area (Å²) >= 11 is 0. The number of benzene rings is 3. The Bertz CT molecular complexity index is 1370. The van der Waals surface area contributed by atoms with Gasteiger partial charge in [0.2, 0.25) is 11.2 Å². The van der Waals surface area contributed by atoms with Crippen molar-refractivity contribution in [3.63, 3.8) is 0 Å². The summed E-state index contributed by atoms with van der Waals surface area (Å²) in [4.78, 5) is 26.0. The number of hydrogen-bond acceptors (Lipinski definition) is 6. The Morgan fingerprint density at radius 3 is 2.29 bits per heavy atom. The van der Waals surface area contributed by atoms with Gasteiger partial charge < -0.3 is 23.9 Å². The average molecular weight is 474 g/mol. The van der Waals surface area contributed by atoms with E-state index in [9.17, 15) is 9.59 Å². The van der Waals surface area contributed by atoms with E-state index >= 15 is 0 Å². The molecule has 0 unspecified atom stereocenters. The van der Waals surface area contributed by atoms with Crippen LogP contribution in [0.25, 0.3) is 22.3 Å². The highest BCUT2D eigenvalue weighted by Crippen LogP contribution is 2.32. The minimum atomic E-state index is -0.406. The first-order valence-electron chi connectivity index (χ1n) is 11.4. The zero-order valence-electron chi connectivity index (χ0n) is 19.9. The number of carbonyl (C=O) groups excluding carboxylic acids is 1. The minimum absolute atomic E-state index is 0.0160. The summed E-state index contributed by atoms with van der Waals surface area (Å²) in [5.74, 6) is 1.21. The summed E-state index contributed by atoms with van der Waals surface area (Å²) in [5.41, 5.74) is 2.34. The Morgan fingerprint density at radius 2 is 1.63 bits per heavy atom. The van der Waals surface area contributed by atoms with E-state index in [1.165, 1.54) is 0 Å². The maximum Gasteiger partial charge on any atom is 0.262 e. The zero-order valence-corrected chi connectivity index (χ0v) is 19.9. The molecule has 180 valence electrons. The van der Waals surface area contributed by atoms with Crippen molar-refractivity contribution in [1.29, 1.82) is 0 Å². The Kier molecular flexibility index (Phi) is 7.35. The second-order valence-corrected chi connectivity index (χ2v) is 7.80. The number of nitrogens with one attached hydrogen (secondary N) is 1. The number of ether oxygens (including phenoxy) is 3. The summed E-state index contributed by atoms with van der Waals surface area (Å²) in [6.07, 6.45) is 0.774. The summed E-state index contributed by atoms with van der Waals surface area (Å²) in [5, 5.41) is 3.17. The lowest BCUT2D eigenvalue weighted by Gasteiger charge is -2.13. The summed E-state index contributed by atoms with van der Waals surface area (Å²) < 4.78 is 22.5. The molecule has 0 spiro atoms. The number of methoxy groups -OCH3 is 1. The maximum absolute atomic E-state index is 13.4. The van der Waals surface area contributed by atoms with Gasteiger partial charge in [0.25, 0.3) is 5.91 Å². The molecule has 0 saturated carbocycles. The van der Waals surface area contributed by atoms with Crippen molar-refractivity contribution in [2.45, 2.75) is 20.3 Å². The van der Waals surface area contributed by atoms with E-state index in [0.717, 1.165) is 12.0 Å². The SMILES string of the molecule is CCOc1ccc(NC(=O)COc2c(-c3ccc(OC)cc3)oc3ccc(CC)cc3c2=O)cc1. The monoisotopic (exact) mass is 473 g/mol. The van der Waals surface area contributed by atoms with Crippen LogP contribution in [-0.4, -0.2) is 26.2 Å². The van der Waals surface area contributed by atoms with Crippen molar-refractivity contribution in [2.75, 3.05) is 25.6 Å². The van der Waals surface area contributed by atoms with Gasteiger partial charge in [-0.05, 0) is 79.6 Å². The van der Waals surface area contributed by atoms with Crippen LogP contribution in [0.2, 0.25) is 0 Å². The quantitative estimate of drug-likeness (QED) is 0.348. The first-order chi connectivity index (χ1) is 17.0. The van der Waals surface area contributed by atoms with Gasteiger partial charge in [-0.2, -0.15) is 0 Å². The van der Waals surface area contributed by atoms with Crippen LogP contribution >= 0.6 is 0 Å². The lowest BCUT2D eigenvalue weighted by atomic mass is 10.1. The van der Waals surface area contributed by atoms with Gasteiger partial charge in [0.1, 0.15) is 17.1 Å². The molecule has 0 bridgehead atoms. The molecule has 0 fully saturated rings. The van der Waals surface area contributed by atoms with E-state index in [2.05, 4.69) is 5.32 Å². The van der Waals surface area contributed by atoms with E-state index in [-0.39, 0.29) is 23.5 Å². The predicted molar refractivity (Wildman–Crippen MR) is 136 cm³/mol. The van der Waals surface area contributed by atoms with E-state index < -0.39 is 5.91 Å². The van der Waals surface area contributed by atoms with E-state index in [1.54, 1.807) is 67.8 Å². The highest BCUT2D eigenvalue weighted by molar-refractivity contribution is 5.92. The van der Waals surface area contributed by atoms with Crippen molar-refractivity contribution in [3.8, 4) is 28.6 Å². The van der Waals surface area contributed by atoms with Crippen LogP contribution in [0.3, 0.4) is 0 Å². The standard InChI is InChI=1S/C28H27NO6/c1-4-18-6-15-24-23(16-18)26(31)28(27(35-24)19-7-11-21(32-3)12-8-19)34-17-25(30)29-20-9-13-22(14-10-20)33-5-2/h6-16H,4-5,17H2,1-3H3,(H,29,30). The molecule has 0 aliphatic rings. The average Bonchev–Trinajstić information content (AvgIpc) is 2.89. The van der Waals surface area contributed by atoms with Crippen LogP contribution in [0.15, 0.2) is 75.9 Å². The summed E-state index contributed by atoms with van der Waals surface area (Å²) in [6, 6.07) is 19.6. The second-order valence-electron chi connectivity index (χ2n) is 7.80. The molecule has 0 atom stereocenters. The van der Waals surface area contributed by atoms with Crippen LogP contribution in [0, 0.1) is 0 Å². The molecule has 7 nitrogen and oxygen atoms in total. The van der Waals surface area contributed by atoms with Gasteiger partial charge in [-0.3, -0.25) is 9.59 Å². The van der Waals surface area contributed by atoms with Crippen LogP contribution in [0.1, 0.15) is 19.4 Å². The number of anilines is 1. The largest absolute Gasteiger partial charge is 0.497 e.